The lowest BCUT2D eigenvalue weighted by Gasteiger charge is -2.19. The van der Waals surface area contributed by atoms with Crippen LogP contribution in [0.2, 0.25) is 0 Å². The van der Waals surface area contributed by atoms with Gasteiger partial charge < -0.3 is 10.2 Å². The highest BCUT2D eigenvalue weighted by Crippen LogP contribution is 2.16. The van der Waals surface area contributed by atoms with Crippen LogP contribution in [0.25, 0.3) is 0 Å². The Morgan fingerprint density at radius 2 is 2.00 bits per heavy atom. The van der Waals surface area contributed by atoms with Gasteiger partial charge in [0.25, 0.3) is 5.91 Å². The van der Waals surface area contributed by atoms with Gasteiger partial charge in [0.1, 0.15) is 5.69 Å². The molecule has 0 bridgehead atoms. The van der Waals surface area contributed by atoms with Crippen molar-refractivity contribution in [3.05, 3.63) is 53.9 Å². The smallest absolute Gasteiger partial charge is 0.274 e. The number of hydrogen-bond donors (Lipinski definition) is 1. The molecule has 0 fully saturated rings. The van der Waals surface area contributed by atoms with E-state index in [2.05, 4.69) is 22.1 Å². The van der Waals surface area contributed by atoms with Crippen LogP contribution in [0.3, 0.4) is 0 Å². The minimum Gasteiger partial charge on any atom is -0.374 e. The van der Waals surface area contributed by atoms with Gasteiger partial charge in [-0.3, -0.25) is 14.6 Å². The van der Waals surface area contributed by atoms with Crippen molar-refractivity contribution in [3.63, 3.8) is 0 Å². The van der Waals surface area contributed by atoms with E-state index < -0.39 is 0 Å². The van der Waals surface area contributed by atoms with Crippen molar-refractivity contribution < 1.29 is 9.59 Å². The van der Waals surface area contributed by atoms with Crippen LogP contribution in [-0.2, 0) is 0 Å². The number of nitrogens with zero attached hydrogens (tertiary/aromatic N) is 2. The molecule has 0 aliphatic carbocycles. The van der Waals surface area contributed by atoms with Gasteiger partial charge in [0.15, 0.2) is 5.78 Å². The van der Waals surface area contributed by atoms with Gasteiger partial charge in [-0.25, -0.2) is 0 Å². The summed E-state index contributed by atoms with van der Waals surface area (Å²) in [5.74, 6) is -0.329. The zero-order chi connectivity index (χ0) is 17.5. The number of ketones is 1. The van der Waals surface area contributed by atoms with Crippen molar-refractivity contribution >= 4 is 23.1 Å². The normalized spacial score (nSPS) is 10.3. The standard InChI is InChI=1S/C19H23N3O2/c1-4-5-11-22(3)17-9-10-20-18(13-17)19(24)21-16-8-6-7-15(12-16)14(2)23/h6-10,12-13H,4-5,11H2,1-3H3,(H,21,24). The average molecular weight is 325 g/mol. The van der Waals surface area contributed by atoms with E-state index in [1.54, 1.807) is 36.5 Å². The van der Waals surface area contributed by atoms with Gasteiger partial charge in [-0.05, 0) is 37.6 Å². The predicted molar refractivity (Wildman–Crippen MR) is 96.8 cm³/mol. The lowest BCUT2D eigenvalue weighted by Crippen LogP contribution is -2.20. The fourth-order valence-corrected chi connectivity index (χ4v) is 2.32. The van der Waals surface area contributed by atoms with E-state index in [9.17, 15) is 9.59 Å². The third kappa shape index (κ3) is 4.65. The maximum absolute atomic E-state index is 12.4. The van der Waals surface area contributed by atoms with Crippen molar-refractivity contribution in [2.45, 2.75) is 26.7 Å². The van der Waals surface area contributed by atoms with E-state index in [4.69, 9.17) is 0 Å². The number of aromatic nitrogens is 1. The molecular formula is C19H23N3O2. The van der Waals surface area contributed by atoms with E-state index in [1.807, 2.05) is 13.1 Å². The molecule has 2 aromatic rings. The Balaban J connectivity index is 2.12. The lowest BCUT2D eigenvalue weighted by atomic mass is 10.1. The van der Waals surface area contributed by atoms with E-state index in [0.29, 0.717) is 16.9 Å². The fourth-order valence-electron chi connectivity index (χ4n) is 2.32. The molecule has 1 aromatic heterocycles. The van der Waals surface area contributed by atoms with Crippen molar-refractivity contribution in [2.75, 3.05) is 23.8 Å². The Morgan fingerprint density at radius 1 is 1.21 bits per heavy atom. The van der Waals surface area contributed by atoms with Crippen LogP contribution in [-0.4, -0.2) is 30.3 Å². The number of nitrogens with one attached hydrogen (secondary N) is 1. The zero-order valence-electron chi connectivity index (χ0n) is 14.4. The Hall–Kier alpha value is -2.69. The summed E-state index contributed by atoms with van der Waals surface area (Å²) in [6.07, 6.45) is 3.85. The number of benzene rings is 1. The number of Topliss-reactive ketones (excluding diaryl/α,β-unsaturated/α-hetero) is 1. The number of rotatable bonds is 7. The Labute approximate surface area is 142 Å². The molecule has 0 spiro atoms. The van der Waals surface area contributed by atoms with Gasteiger partial charge in [0.2, 0.25) is 0 Å². The van der Waals surface area contributed by atoms with Gasteiger partial charge in [0, 0.05) is 36.7 Å². The maximum atomic E-state index is 12.4. The third-order valence-corrected chi connectivity index (χ3v) is 3.79. The maximum Gasteiger partial charge on any atom is 0.274 e. The van der Waals surface area contributed by atoms with Crippen LogP contribution in [0.15, 0.2) is 42.6 Å². The van der Waals surface area contributed by atoms with Gasteiger partial charge in [0.05, 0.1) is 0 Å². The molecule has 0 radical (unpaired) electrons. The Bertz CT molecular complexity index is 728. The summed E-state index contributed by atoms with van der Waals surface area (Å²) < 4.78 is 0. The molecule has 1 N–H and O–H groups in total. The number of pyridine rings is 1. The first-order chi connectivity index (χ1) is 11.5. The largest absolute Gasteiger partial charge is 0.374 e. The second-order valence-corrected chi connectivity index (χ2v) is 5.77. The fraction of sp³-hybridized carbons (Fsp3) is 0.316. The highest BCUT2D eigenvalue weighted by molar-refractivity contribution is 6.04. The summed E-state index contributed by atoms with van der Waals surface area (Å²) in [6.45, 7) is 4.58. The van der Waals surface area contributed by atoms with Crippen LogP contribution in [0, 0.1) is 0 Å². The SMILES string of the molecule is CCCCN(C)c1ccnc(C(=O)Nc2cccc(C(C)=O)c2)c1. The Kier molecular flexibility index (Phi) is 6.07. The third-order valence-electron chi connectivity index (χ3n) is 3.79. The van der Waals surface area contributed by atoms with Gasteiger partial charge in [-0.15, -0.1) is 0 Å². The first kappa shape index (κ1) is 17.7. The van der Waals surface area contributed by atoms with Crippen LogP contribution < -0.4 is 10.2 Å². The average Bonchev–Trinajstić information content (AvgIpc) is 2.60. The number of carbonyl (C=O) groups is 2. The number of amides is 1. The summed E-state index contributed by atoms with van der Waals surface area (Å²) in [5, 5.41) is 2.79. The molecule has 0 saturated heterocycles. The van der Waals surface area contributed by atoms with E-state index in [-0.39, 0.29) is 11.7 Å². The quantitative estimate of drug-likeness (QED) is 0.787. The van der Waals surface area contributed by atoms with Crippen molar-refractivity contribution in [2.24, 2.45) is 0 Å². The van der Waals surface area contributed by atoms with Crippen molar-refractivity contribution in [1.82, 2.24) is 4.98 Å². The molecular weight excluding hydrogens is 302 g/mol. The number of unbranched alkanes of at least 4 members (excludes halogenated alkanes) is 1. The molecule has 2 rings (SSSR count). The highest BCUT2D eigenvalue weighted by Gasteiger charge is 2.11. The predicted octanol–water partition coefficient (Wildman–Crippen LogP) is 3.77. The summed E-state index contributed by atoms with van der Waals surface area (Å²) in [4.78, 5) is 30.1. The second kappa shape index (κ2) is 8.24. The van der Waals surface area contributed by atoms with Gasteiger partial charge in [-0.1, -0.05) is 25.5 Å². The molecule has 1 amide bonds. The molecule has 5 nitrogen and oxygen atoms in total. The van der Waals surface area contributed by atoms with Gasteiger partial charge >= 0.3 is 0 Å². The molecule has 5 heteroatoms. The summed E-state index contributed by atoms with van der Waals surface area (Å²) in [5.41, 5.74) is 2.46. The molecule has 24 heavy (non-hydrogen) atoms. The molecule has 0 aliphatic rings. The van der Waals surface area contributed by atoms with Gasteiger partial charge in [-0.2, -0.15) is 0 Å². The number of hydrogen-bond acceptors (Lipinski definition) is 4. The van der Waals surface area contributed by atoms with Crippen molar-refractivity contribution in [1.29, 1.82) is 0 Å². The van der Waals surface area contributed by atoms with E-state index in [1.165, 1.54) is 6.92 Å². The monoisotopic (exact) mass is 325 g/mol. The first-order valence-corrected chi connectivity index (χ1v) is 8.10. The minimum atomic E-state index is -0.290. The number of anilines is 2. The summed E-state index contributed by atoms with van der Waals surface area (Å²) >= 11 is 0. The molecule has 126 valence electrons. The Morgan fingerprint density at radius 3 is 2.71 bits per heavy atom. The van der Waals surface area contributed by atoms with Crippen molar-refractivity contribution in [3.8, 4) is 0 Å². The molecule has 0 unspecified atom stereocenters. The highest BCUT2D eigenvalue weighted by atomic mass is 16.2. The summed E-state index contributed by atoms with van der Waals surface area (Å²) in [7, 11) is 2.00. The van der Waals surface area contributed by atoms with E-state index >= 15 is 0 Å². The second-order valence-electron chi connectivity index (χ2n) is 5.77. The topological polar surface area (TPSA) is 62.3 Å². The molecule has 0 saturated carbocycles. The summed E-state index contributed by atoms with van der Waals surface area (Å²) in [6, 6.07) is 10.6. The molecule has 1 heterocycles. The molecule has 0 aliphatic heterocycles. The van der Waals surface area contributed by atoms with Crippen LogP contribution in [0.1, 0.15) is 47.5 Å². The minimum absolute atomic E-state index is 0.0382. The molecule has 0 atom stereocenters. The first-order valence-electron chi connectivity index (χ1n) is 8.10. The van der Waals surface area contributed by atoms with Crippen LogP contribution in [0.5, 0.6) is 0 Å². The number of carbonyl (C=O) groups excluding carboxylic acids is 2. The lowest BCUT2D eigenvalue weighted by molar-refractivity contribution is 0.100. The zero-order valence-corrected chi connectivity index (χ0v) is 14.4. The van der Waals surface area contributed by atoms with E-state index in [0.717, 1.165) is 25.1 Å². The molecule has 1 aromatic carbocycles. The van der Waals surface area contributed by atoms with Crippen LogP contribution in [0.4, 0.5) is 11.4 Å². The van der Waals surface area contributed by atoms with Crippen LogP contribution >= 0.6 is 0 Å².